The lowest BCUT2D eigenvalue weighted by molar-refractivity contribution is -0.0366. The highest BCUT2D eigenvalue weighted by molar-refractivity contribution is 6.30. The minimum absolute atomic E-state index is 0.0293. The number of nitrogens with one attached hydrogen (secondary N) is 1. The molecule has 0 aliphatic heterocycles. The monoisotopic (exact) mass is 316 g/mol. The highest BCUT2D eigenvalue weighted by Crippen LogP contribution is 2.31. The van der Waals surface area contributed by atoms with E-state index in [9.17, 15) is 9.90 Å². The lowest BCUT2D eigenvalue weighted by Crippen LogP contribution is -2.53. The second-order valence-electron chi connectivity index (χ2n) is 6.04. The van der Waals surface area contributed by atoms with Gasteiger partial charge in [0.1, 0.15) is 0 Å². The number of halogens is 1. The number of carbonyl (C=O) groups excluding carboxylic acids is 1. The Morgan fingerprint density at radius 3 is 2.59 bits per heavy atom. The van der Waals surface area contributed by atoms with Crippen molar-refractivity contribution in [1.82, 2.24) is 10.3 Å². The third-order valence-corrected chi connectivity index (χ3v) is 4.14. The fourth-order valence-electron chi connectivity index (χ4n) is 2.74. The Labute approximate surface area is 134 Å². The fraction of sp³-hybridized carbons (Fsp3) is 0.294. The zero-order chi connectivity index (χ0) is 15.7. The quantitative estimate of drug-likeness (QED) is 0.915. The summed E-state index contributed by atoms with van der Waals surface area (Å²) in [5, 5.41) is 13.3. The van der Waals surface area contributed by atoms with E-state index < -0.39 is 5.60 Å². The molecule has 114 valence electrons. The first-order valence-corrected chi connectivity index (χ1v) is 7.55. The average molecular weight is 317 g/mol. The van der Waals surface area contributed by atoms with Crippen molar-refractivity contribution in [2.24, 2.45) is 0 Å². The fourth-order valence-corrected chi connectivity index (χ4v) is 2.86. The summed E-state index contributed by atoms with van der Waals surface area (Å²) in [7, 11) is 0. The summed E-state index contributed by atoms with van der Waals surface area (Å²) >= 11 is 5.88. The van der Waals surface area contributed by atoms with Gasteiger partial charge in [-0.3, -0.25) is 9.78 Å². The molecule has 0 spiro atoms. The Morgan fingerprint density at radius 1 is 1.27 bits per heavy atom. The minimum atomic E-state index is -0.651. The van der Waals surface area contributed by atoms with Crippen LogP contribution in [0.25, 0.3) is 11.1 Å². The number of pyridine rings is 1. The molecular formula is C17H17ClN2O2. The van der Waals surface area contributed by atoms with Crippen molar-refractivity contribution < 1.29 is 9.90 Å². The van der Waals surface area contributed by atoms with E-state index in [1.54, 1.807) is 31.5 Å². The smallest absolute Gasteiger partial charge is 0.253 e. The van der Waals surface area contributed by atoms with Crippen LogP contribution in [0, 0.1) is 0 Å². The third-order valence-electron chi connectivity index (χ3n) is 3.89. The van der Waals surface area contributed by atoms with Crippen LogP contribution >= 0.6 is 11.6 Å². The Morgan fingerprint density at radius 2 is 1.95 bits per heavy atom. The zero-order valence-corrected chi connectivity index (χ0v) is 13.0. The van der Waals surface area contributed by atoms with Gasteiger partial charge in [-0.1, -0.05) is 23.7 Å². The molecule has 2 aromatic rings. The molecule has 22 heavy (non-hydrogen) atoms. The van der Waals surface area contributed by atoms with E-state index >= 15 is 0 Å². The molecular weight excluding hydrogens is 300 g/mol. The van der Waals surface area contributed by atoms with Gasteiger partial charge in [-0.25, -0.2) is 0 Å². The van der Waals surface area contributed by atoms with E-state index in [0.717, 1.165) is 11.1 Å². The molecule has 1 saturated carbocycles. The molecule has 4 nitrogen and oxygen atoms in total. The van der Waals surface area contributed by atoms with Gasteiger partial charge in [-0.05, 0) is 43.5 Å². The van der Waals surface area contributed by atoms with E-state index in [2.05, 4.69) is 10.3 Å². The van der Waals surface area contributed by atoms with Crippen molar-refractivity contribution in [3.05, 3.63) is 53.3 Å². The van der Waals surface area contributed by atoms with Crippen LogP contribution in [0.4, 0.5) is 0 Å². The van der Waals surface area contributed by atoms with Crippen LogP contribution in [0.15, 0.2) is 42.7 Å². The van der Waals surface area contributed by atoms with E-state index in [4.69, 9.17) is 11.6 Å². The normalized spacial score (nSPS) is 23.7. The third kappa shape index (κ3) is 3.29. The first kappa shape index (κ1) is 15.0. The largest absolute Gasteiger partial charge is 0.390 e. The standard InChI is InChI=1S/C17H17ClN2O2/c1-17(22)7-15(8-17)20-16(21)13-6-12(9-19-10-13)11-2-4-14(18)5-3-11/h2-6,9-10,15,22H,7-8H2,1H3,(H,20,21). The predicted octanol–water partition coefficient (Wildman–Crippen LogP) is 3.05. The van der Waals surface area contributed by atoms with Crippen molar-refractivity contribution in [1.29, 1.82) is 0 Å². The maximum atomic E-state index is 12.2. The molecule has 1 aromatic carbocycles. The van der Waals surface area contributed by atoms with Crippen molar-refractivity contribution in [2.45, 2.75) is 31.4 Å². The van der Waals surface area contributed by atoms with Crippen molar-refractivity contribution in [3.8, 4) is 11.1 Å². The number of hydrogen-bond acceptors (Lipinski definition) is 3. The highest BCUT2D eigenvalue weighted by Gasteiger charge is 2.39. The van der Waals surface area contributed by atoms with Gasteiger partial charge in [0.15, 0.2) is 0 Å². The van der Waals surface area contributed by atoms with Gasteiger partial charge in [0.25, 0.3) is 5.91 Å². The van der Waals surface area contributed by atoms with Crippen LogP contribution in [0.5, 0.6) is 0 Å². The summed E-state index contributed by atoms with van der Waals surface area (Å²) in [6, 6.07) is 9.23. The summed E-state index contributed by atoms with van der Waals surface area (Å²) in [6.45, 7) is 1.78. The van der Waals surface area contributed by atoms with Gasteiger partial charge >= 0.3 is 0 Å². The van der Waals surface area contributed by atoms with Crippen molar-refractivity contribution in [3.63, 3.8) is 0 Å². The lowest BCUT2D eigenvalue weighted by atomic mass is 9.77. The highest BCUT2D eigenvalue weighted by atomic mass is 35.5. The number of aromatic nitrogens is 1. The molecule has 5 heteroatoms. The molecule has 1 aliphatic rings. The lowest BCUT2D eigenvalue weighted by Gasteiger charge is -2.41. The molecule has 0 unspecified atom stereocenters. The Kier molecular flexibility index (Phi) is 3.89. The zero-order valence-electron chi connectivity index (χ0n) is 12.2. The molecule has 3 rings (SSSR count). The first-order valence-electron chi connectivity index (χ1n) is 7.17. The summed E-state index contributed by atoms with van der Waals surface area (Å²) in [4.78, 5) is 16.4. The summed E-state index contributed by atoms with van der Waals surface area (Å²) in [6.07, 6.45) is 4.44. The maximum Gasteiger partial charge on any atom is 0.253 e. The summed E-state index contributed by atoms with van der Waals surface area (Å²) in [5.74, 6) is -0.163. The van der Waals surface area contributed by atoms with E-state index in [0.29, 0.717) is 23.4 Å². The molecule has 1 amide bonds. The maximum absolute atomic E-state index is 12.2. The van der Waals surface area contributed by atoms with Gasteiger partial charge in [-0.2, -0.15) is 0 Å². The molecule has 0 radical (unpaired) electrons. The van der Waals surface area contributed by atoms with Crippen LogP contribution in [-0.4, -0.2) is 27.6 Å². The van der Waals surface area contributed by atoms with Crippen LogP contribution in [-0.2, 0) is 0 Å². The van der Waals surface area contributed by atoms with Gasteiger partial charge in [0.2, 0.25) is 0 Å². The Hall–Kier alpha value is -1.91. The molecule has 1 aliphatic carbocycles. The Bertz CT molecular complexity index is 690. The van der Waals surface area contributed by atoms with Crippen LogP contribution in [0.1, 0.15) is 30.1 Å². The Balaban J connectivity index is 1.73. The van der Waals surface area contributed by atoms with Gasteiger partial charge in [0, 0.05) is 29.0 Å². The number of aliphatic hydroxyl groups is 1. The predicted molar refractivity (Wildman–Crippen MR) is 85.8 cm³/mol. The van der Waals surface area contributed by atoms with Crippen molar-refractivity contribution >= 4 is 17.5 Å². The number of rotatable bonds is 3. The summed E-state index contributed by atoms with van der Waals surface area (Å²) < 4.78 is 0. The van der Waals surface area contributed by atoms with Crippen LogP contribution in [0.2, 0.25) is 5.02 Å². The average Bonchev–Trinajstić information content (AvgIpc) is 2.46. The van der Waals surface area contributed by atoms with Crippen molar-refractivity contribution in [2.75, 3.05) is 0 Å². The molecule has 2 N–H and O–H groups in total. The molecule has 0 atom stereocenters. The molecule has 0 bridgehead atoms. The second kappa shape index (κ2) is 5.71. The number of nitrogens with zero attached hydrogens (tertiary/aromatic N) is 1. The minimum Gasteiger partial charge on any atom is -0.390 e. The number of benzene rings is 1. The van der Waals surface area contributed by atoms with Gasteiger partial charge in [-0.15, -0.1) is 0 Å². The van der Waals surface area contributed by atoms with Crippen LogP contribution in [0.3, 0.4) is 0 Å². The van der Waals surface area contributed by atoms with Gasteiger partial charge in [0.05, 0.1) is 11.2 Å². The van der Waals surface area contributed by atoms with Crippen LogP contribution < -0.4 is 5.32 Å². The molecule has 1 aromatic heterocycles. The van der Waals surface area contributed by atoms with E-state index in [1.807, 2.05) is 18.2 Å². The van der Waals surface area contributed by atoms with Gasteiger partial charge < -0.3 is 10.4 Å². The number of hydrogen-bond donors (Lipinski definition) is 2. The van der Waals surface area contributed by atoms with E-state index in [-0.39, 0.29) is 11.9 Å². The second-order valence-corrected chi connectivity index (χ2v) is 6.48. The SMILES string of the molecule is CC1(O)CC(NC(=O)c2cncc(-c3ccc(Cl)cc3)c2)C1. The summed E-state index contributed by atoms with van der Waals surface area (Å²) in [5.41, 5.74) is 1.68. The molecule has 1 heterocycles. The topological polar surface area (TPSA) is 62.2 Å². The first-order chi connectivity index (χ1) is 10.4. The number of amides is 1. The molecule has 0 saturated heterocycles. The molecule has 1 fully saturated rings. The van der Waals surface area contributed by atoms with E-state index in [1.165, 1.54) is 0 Å². The number of carbonyl (C=O) groups is 1.